The number of aromatic nitrogens is 4. The van der Waals surface area contributed by atoms with Gasteiger partial charge >= 0.3 is 5.97 Å². The second kappa shape index (κ2) is 8.64. The molecule has 0 bridgehead atoms. The summed E-state index contributed by atoms with van der Waals surface area (Å²) in [4.78, 5) is 17.7. The van der Waals surface area contributed by atoms with Gasteiger partial charge in [-0.15, -0.1) is 5.10 Å². The van der Waals surface area contributed by atoms with Crippen molar-refractivity contribution < 1.29 is 9.90 Å². The van der Waals surface area contributed by atoms with Gasteiger partial charge in [0, 0.05) is 25.2 Å². The summed E-state index contributed by atoms with van der Waals surface area (Å²) in [5, 5.41) is 19.2. The van der Waals surface area contributed by atoms with E-state index in [0.29, 0.717) is 27.1 Å². The number of hydrogen-bond donors (Lipinski definition) is 1. The first-order chi connectivity index (χ1) is 16.9. The summed E-state index contributed by atoms with van der Waals surface area (Å²) in [6.07, 6.45) is 10.3. The molecule has 9 heteroatoms. The van der Waals surface area contributed by atoms with E-state index in [0.717, 1.165) is 68.8 Å². The minimum atomic E-state index is -0.950. The summed E-state index contributed by atoms with van der Waals surface area (Å²) in [6.45, 7) is 1.85. The molecule has 7 nitrogen and oxygen atoms in total. The predicted octanol–water partition coefficient (Wildman–Crippen LogP) is 6.01. The minimum Gasteiger partial charge on any atom is -0.478 e. The summed E-state index contributed by atoms with van der Waals surface area (Å²) < 4.78 is 1.81. The van der Waals surface area contributed by atoms with Crippen LogP contribution < -0.4 is 4.90 Å². The van der Waals surface area contributed by atoms with Gasteiger partial charge in [-0.1, -0.05) is 40.1 Å². The van der Waals surface area contributed by atoms with Crippen molar-refractivity contribution in [3.8, 4) is 5.69 Å². The number of carbonyl (C=O) groups is 1. The molecule has 1 aliphatic heterocycles. The zero-order valence-electron chi connectivity index (χ0n) is 19.1. The van der Waals surface area contributed by atoms with E-state index in [-0.39, 0.29) is 5.56 Å². The molecule has 35 heavy (non-hydrogen) atoms. The predicted molar refractivity (Wildman–Crippen MR) is 136 cm³/mol. The van der Waals surface area contributed by atoms with Crippen molar-refractivity contribution in [2.24, 2.45) is 5.41 Å². The Morgan fingerprint density at radius 2 is 1.80 bits per heavy atom. The number of halogens is 2. The fraction of sp³-hybridized carbons (Fsp3) is 0.385. The summed E-state index contributed by atoms with van der Waals surface area (Å²) in [5.41, 5.74) is 4.69. The summed E-state index contributed by atoms with van der Waals surface area (Å²) in [6, 6.07) is 8.92. The summed E-state index contributed by atoms with van der Waals surface area (Å²) in [5.74, 6) is 0.364. The first-order valence-corrected chi connectivity index (χ1v) is 12.7. The molecular weight excluding hydrogens is 485 g/mol. The topological polar surface area (TPSA) is 84.1 Å². The minimum absolute atomic E-state index is 0.216. The molecule has 0 unspecified atom stereocenters. The molecule has 3 aromatic rings. The number of carboxylic acid groups (broad SMARTS) is 1. The third-order valence-corrected chi connectivity index (χ3v) is 8.14. The largest absolute Gasteiger partial charge is 0.478 e. The highest BCUT2D eigenvalue weighted by Crippen LogP contribution is 2.53. The molecule has 1 aromatic carbocycles. The molecule has 2 aromatic heterocycles. The molecule has 2 saturated carbocycles. The monoisotopic (exact) mass is 509 g/mol. The van der Waals surface area contributed by atoms with E-state index in [1.165, 1.54) is 11.8 Å². The Hall–Kier alpha value is -2.90. The van der Waals surface area contributed by atoms with Crippen molar-refractivity contribution >= 4 is 41.1 Å². The number of hydrogen-bond acceptors (Lipinski definition) is 5. The normalized spacial score (nSPS) is 19.0. The van der Waals surface area contributed by atoms with Gasteiger partial charge < -0.3 is 10.0 Å². The van der Waals surface area contributed by atoms with E-state index < -0.39 is 5.97 Å². The Morgan fingerprint density at radius 3 is 2.40 bits per heavy atom. The van der Waals surface area contributed by atoms with Gasteiger partial charge in [-0.05, 0) is 74.3 Å². The van der Waals surface area contributed by atoms with E-state index in [1.54, 1.807) is 12.1 Å². The van der Waals surface area contributed by atoms with Crippen LogP contribution in [0.5, 0.6) is 0 Å². The Balaban J connectivity index is 1.18. The Kier molecular flexibility index (Phi) is 5.57. The van der Waals surface area contributed by atoms with Gasteiger partial charge in [0.2, 0.25) is 0 Å². The highest BCUT2D eigenvalue weighted by Gasteiger charge is 2.43. The smallest absolute Gasteiger partial charge is 0.337 e. The molecule has 180 valence electrons. The first kappa shape index (κ1) is 22.6. The quantitative estimate of drug-likeness (QED) is 0.453. The van der Waals surface area contributed by atoms with Gasteiger partial charge in [-0.25, -0.2) is 14.5 Å². The molecule has 3 heterocycles. The standard InChI is InChI=1S/C26H25Cl2N5O2/c27-19-2-1-3-20(28)24(19)33-21(23(30-31-33)17-4-5-17)12-16-13-26(14-16)8-10-32(11-9-26)22-7-6-18(15-29-22)25(34)35/h1-3,6-7,12,15,17H,4-5,8-11,13-14H2,(H,34,35). The van der Waals surface area contributed by atoms with E-state index in [2.05, 4.69) is 26.3 Å². The first-order valence-electron chi connectivity index (χ1n) is 12.0. The Bertz CT molecular complexity index is 1290. The maximum absolute atomic E-state index is 11.1. The molecule has 2 aliphatic carbocycles. The highest BCUT2D eigenvalue weighted by molar-refractivity contribution is 6.37. The van der Waals surface area contributed by atoms with Gasteiger partial charge in [-0.3, -0.25) is 0 Å². The zero-order chi connectivity index (χ0) is 24.2. The SMILES string of the molecule is O=C(O)c1ccc(N2CCC3(CC2)CC(=Cc2c(C4CC4)nnn2-c2c(Cl)cccc2Cl)C3)nc1. The number of aromatic carboxylic acids is 1. The number of anilines is 1. The molecule has 1 saturated heterocycles. The number of piperidine rings is 1. The number of para-hydroxylation sites is 1. The van der Waals surface area contributed by atoms with E-state index in [1.807, 2.05) is 22.9 Å². The molecule has 3 aliphatic rings. The molecule has 0 amide bonds. The lowest BCUT2D eigenvalue weighted by Gasteiger charge is -2.49. The van der Waals surface area contributed by atoms with Crippen molar-refractivity contribution in [3.63, 3.8) is 0 Å². The number of allylic oxidation sites excluding steroid dienone is 1. The van der Waals surface area contributed by atoms with Crippen LogP contribution in [-0.2, 0) is 0 Å². The summed E-state index contributed by atoms with van der Waals surface area (Å²) in [7, 11) is 0. The molecule has 6 rings (SSSR count). The zero-order valence-corrected chi connectivity index (χ0v) is 20.6. The van der Waals surface area contributed by atoms with Crippen LogP contribution in [0.1, 0.15) is 66.2 Å². The number of nitrogens with zero attached hydrogens (tertiary/aromatic N) is 5. The van der Waals surface area contributed by atoms with Crippen LogP contribution in [0, 0.1) is 5.41 Å². The number of pyridine rings is 1. The lowest BCUT2D eigenvalue weighted by Crippen LogP contribution is -2.44. The molecule has 1 N–H and O–H groups in total. The Morgan fingerprint density at radius 1 is 1.09 bits per heavy atom. The average Bonchev–Trinajstić information content (AvgIpc) is 3.60. The van der Waals surface area contributed by atoms with Gasteiger partial charge in [-0.2, -0.15) is 0 Å². The van der Waals surface area contributed by atoms with Crippen LogP contribution in [0.2, 0.25) is 10.0 Å². The second-order valence-corrected chi connectivity index (χ2v) is 10.8. The molecule has 1 spiro atoms. The lowest BCUT2D eigenvalue weighted by molar-refractivity contribution is 0.0696. The van der Waals surface area contributed by atoms with Crippen molar-refractivity contribution in [1.29, 1.82) is 0 Å². The van der Waals surface area contributed by atoms with E-state index in [9.17, 15) is 4.79 Å². The number of carboxylic acids is 1. The van der Waals surface area contributed by atoms with Gasteiger partial charge in [0.05, 0.1) is 27.0 Å². The molecule has 3 fully saturated rings. The summed E-state index contributed by atoms with van der Waals surface area (Å²) >= 11 is 13.0. The molecule has 0 atom stereocenters. The number of rotatable bonds is 5. The molecule has 0 radical (unpaired) electrons. The maximum Gasteiger partial charge on any atom is 0.337 e. The van der Waals surface area contributed by atoms with Crippen LogP contribution in [-0.4, -0.2) is 44.1 Å². The van der Waals surface area contributed by atoms with Crippen molar-refractivity contribution in [2.75, 3.05) is 18.0 Å². The van der Waals surface area contributed by atoms with E-state index >= 15 is 0 Å². The van der Waals surface area contributed by atoms with Crippen molar-refractivity contribution in [3.05, 3.63) is 69.1 Å². The highest BCUT2D eigenvalue weighted by atomic mass is 35.5. The average molecular weight is 510 g/mol. The molecular formula is C26H25Cl2N5O2. The fourth-order valence-corrected chi connectivity index (χ4v) is 5.97. The second-order valence-electron chi connectivity index (χ2n) is 9.97. The van der Waals surface area contributed by atoms with Crippen LogP contribution in [0.3, 0.4) is 0 Å². The van der Waals surface area contributed by atoms with Crippen LogP contribution in [0.25, 0.3) is 11.8 Å². The van der Waals surface area contributed by atoms with Gasteiger partial charge in [0.1, 0.15) is 11.5 Å². The lowest BCUT2D eigenvalue weighted by atomic mass is 9.60. The third kappa shape index (κ3) is 4.21. The van der Waals surface area contributed by atoms with E-state index in [4.69, 9.17) is 28.3 Å². The van der Waals surface area contributed by atoms with Crippen LogP contribution >= 0.6 is 23.2 Å². The van der Waals surface area contributed by atoms with Crippen molar-refractivity contribution in [1.82, 2.24) is 20.0 Å². The Labute approximate surface area is 213 Å². The van der Waals surface area contributed by atoms with Gasteiger partial charge in [0.25, 0.3) is 0 Å². The number of benzene rings is 1. The van der Waals surface area contributed by atoms with Crippen LogP contribution in [0.4, 0.5) is 5.82 Å². The third-order valence-electron chi connectivity index (χ3n) is 7.53. The van der Waals surface area contributed by atoms with Crippen molar-refractivity contribution in [2.45, 2.75) is 44.4 Å². The maximum atomic E-state index is 11.1. The fourth-order valence-electron chi connectivity index (χ4n) is 5.41. The van der Waals surface area contributed by atoms with Crippen LogP contribution in [0.15, 0.2) is 42.1 Å². The van der Waals surface area contributed by atoms with Gasteiger partial charge in [0.15, 0.2) is 0 Å².